The van der Waals surface area contributed by atoms with Gasteiger partial charge in [0.2, 0.25) is 5.88 Å². The van der Waals surface area contributed by atoms with Crippen LogP contribution in [0, 0.1) is 0 Å². The van der Waals surface area contributed by atoms with Gasteiger partial charge in [0.05, 0.1) is 6.04 Å². The second kappa shape index (κ2) is 3.64. The van der Waals surface area contributed by atoms with E-state index in [0.29, 0.717) is 12.6 Å². The summed E-state index contributed by atoms with van der Waals surface area (Å²) < 4.78 is 5.77. The Hall–Kier alpha value is -1.71. The third kappa shape index (κ3) is 1.64. The highest BCUT2D eigenvalue weighted by atomic mass is 16.5. The van der Waals surface area contributed by atoms with Crippen molar-refractivity contribution in [3.63, 3.8) is 0 Å². The van der Waals surface area contributed by atoms with E-state index in [9.17, 15) is 0 Å². The smallest absolute Gasteiger partial charge is 0.239 e. The van der Waals surface area contributed by atoms with Crippen molar-refractivity contribution >= 4 is 16.7 Å². The second-order valence-electron chi connectivity index (χ2n) is 5.93. The molecule has 1 aliphatic heterocycles. The molecule has 2 aromatic heterocycles. The predicted octanol–water partition coefficient (Wildman–Crippen LogP) is 2.95. The van der Waals surface area contributed by atoms with Gasteiger partial charge in [-0.15, -0.1) is 0 Å². The maximum atomic E-state index is 5.77. The summed E-state index contributed by atoms with van der Waals surface area (Å²) in [6.45, 7) is 9.54. The summed E-state index contributed by atoms with van der Waals surface area (Å²) in [6.07, 6.45) is 1.91. The van der Waals surface area contributed by atoms with Crippen molar-refractivity contribution in [3.05, 3.63) is 18.3 Å². The van der Waals surface area contributed by atoms with Crippen molar-refractivity contribution < 1.29 is 4.74 Å². The third-order valence-corrected chi connectivity index (χ3v) is 3.37. The van der Waals surface area contributed by atoms with Crippen LogP contribution < -0.4 is 9.64 Å². The van der Waals surface area contributed by atoms with Crippen LogP contribution in [-0.2, 0) is 0 Å². The number of pyridine rings is 1. The fourth-order valence-corrected chi connectivity index (χ4v) is 2.77. The Morgan fingerprint density at radius 1 is 1.44 bits per heavy atom. The number of H-pyrrole nitrogens is 1. The van der Waals surface area contributed by atoms with E-state index < -0.39 is 0 Å². The molecule has 0 spiro atoms. The van der Waals surface area contributed by atoms with Gasteiger partial charge in [-0.1, -0.05) is 0 Å². The lowest BCUT2D eigenvalue weighted by molar-refractivity contribution is 0.240. The first-order chi connectivity index (χ1) is 8.47. The molecule has 96 valence electrons. The highest BCUT2D eigenvalue weighted by molar-refractivity contribution is 5.82. The standard InChI is InChI=1S/C14H19N3O/c1-9-8-18-13-11(17(9)14(2,3)4)7-10-5-6-15-12(10)16-13/h5-7,9H,8H2,1-4H3,(H,15,16). The predicted molar refractivity (Wildman–Crippen MR) is 73.3 cm³/mol. The third-order valence-electron chi connectivity index (χ3n) is 3.37. The van der Waals surface area contributed by atoms with E-state index in [-0.39, 0.29) is 5.54 Å². The number of hydrogen-bond donors (Lipinski definition) is 1. The van der Waals surface area contributed by atoms with Gasteiger partial charge in [0.1, 0.15) is 17.9 Å². The largest absolute Gasteiger partial charge is 0.474 e. The van der Waals surface area contributed by atoms with Gasteiger partial charge in [-0.2, -0.15) is 4.98 Å². The topological polar surface area (TPSA) is 41.1 Å². The number of nitrogens with zero attached hydrogens (tertiary/aromatic N) is 2. The average molecular weight is 245 g/mol. The first-order valence-corrected chi connectivity index (χ1v) is 6.37. The number of fused-ring (bicyclic) bond motifs is 2. The maximum absolute atomic E-state index is 5.77. The molecular formula is C14H19N3O. The summed E-state index contributed by atoms with van der Waals surface area (Å²) in [7, 11) is 0. The minimum absolute atomic E-state index is 0.0591. The highest BCUT2D eigenvalue weighted by Crippen LogP contribution is 2.38. The average Bonchev–Trinajstić information content (AvgIpc) is 2.71. The van der Waals surface area contributed by atoms with Crippen LogP contribution >= 0.6 is 0 Å². The summed E-state index contributed by atoms with van der Waals surface area (Å²) in [4.78, 5) is 10.1. The summed E-state index contributed by atoms with van der Waals surface area (Å²) in [5.41, 5.74) is 2.04. The molecule has 1 atom stereocenters. The number of hydrogen-bond acceptors (Lipinski definition) is 3. The van der Waals surface area contributed by atoms with E-state index in [1.54, 1.807) is 0 Å². The van der Waals surface area contributed by atoms with Crippen LogP contribution in [0.25, 0.3) is 11.0 Å². The van der Waals surface area contributed by atoms with Gasteiger partial charge < -0.3 is 14.6 Å². The Morgan fingerprint density at radius 3 is 2.94 bits per heavy atom. The Bertz CT molecular complexity index is 582. The molecule has 18 heavy (non-hydrogen) atoms. The number of nitrogens with one attached hydrogen (secondary N) is 1. The minimum atomic E-state index is 0.0591. The summed E-state index contributed by atoms with van der Waals surface area (Å²) >= 11 is 0. The van der Waals surface area contributed by atoms with Crippen molar-refractivity contribution in [1.82, 2.24) is 9.97 Å². The lowest BCUT2D eigenvalue weighted by Crippen LogP contribution is -2.51. The van der Waals surface area contributed by atoms with Gasteiger partial charge in [-0.05, 0) is 39.8 Å². The van der Waals surface area contributed by atoms with Gasteiger partial charge in [-0.3, -0.25) is 0 Å². The number of rotatable bonds is 0. The fourth-order valence-electron chi connectivity index (χ4n) is 2.77. The van der Waals surface area contributed by atoms with E-state index in [0.717, 1.165) is 22.6 Å². The molecule has 0 amide bonds. The zero-order valence-corrected chi connectivity index (χ0v) is 11.3. The van der Waals surface area contributed by atoms with Crippen LogP contribution in [-0.4, -0.2) is 28.2 Å². The molecule has 1 N–H and O–H groups in total. The molecule has 0 saturated heterocycles. The van der Waals surface area contributed by atoms with Crippen molar-refractivity contribution in [2.75, 3.05) is 11.5 Å². The Kier molecular flexibility index (Phi) is 2.30. The van der Waals surface area contributed by atoms with E-state index >= 15 is 0 Å². The normalized spacial score (nSPS) is 19.8. The van der Waals surface area contributed by atoms with Crippen LogP contribution in [0.4, 0.5) is 5.69 Å². The molecule has 2 aromatic rings. The second-order valence-corrected chi connectivity index (χ2v) is 5.93. The summed E-state index contributed by atoms with van der Waals surface area (Å²) in [5, 5.41) is 1.13. The Labute approximate surface area is 107 Å². The molecule has 0 saturated carbocycles. The van der Waals surface area contributed by atoms with E-state index in [4.69, 9.17) is 4.74 Å². The molecule has 0 bridgehead atoms. The molecule has 0 radical (unpaired) electrons. The van der Waals surface area contributed by atoms with Crippen molar-refractivity contribution in [3.8, 4) is 5.88 Å². The first-order valence-electron chi connectivity index (χ1n) is 6.37. The van der Waals surface area contributed by atoms with E-state index in [1.807, 2.05) is 12.3 Å². The molecule has 3 heterocycles. The summed E-state index contributed by atoms with van der Waals surface area (Å²) in [5.74, 6) is 0.734. The SMILES string of the molecule is CC1COc2nc3[nH]ccc3cc2N1C(C)(C)C. The van der Waals surface area contributed by atoms with Crippen LogP contribution in [0.3, 0.4) is 0 Å². The fraction of sp³-hybridized carbons (Fsp3) is 0.500. The van der Waals surface area contributed by atoms with Crippen LogP contribution in [0.2, 0.25) is 0 Å². The van der Waals surface area contributed by atoms with Crippen LogP contribution in [0.5, 0.6) is 5.88 Å². The van der Waals surface area contributed by atoms with Crippen molar-refractivity contribution in [1.29, 1.82) is 0 Å². The van der Waals surface area contributed by atoms with Gasteiger partial charge in [0.15, 0.2) is 0 Å². The van der Waals surface area contributed by atoms with Gasteiger partial charge >= 0.3 is 0 Å². The molecule has 3 rings (SSSR count). The lowest BCUT2D eigenvalue weighted by Gasteiger charge is -2.45. The molecule has 0 aliphatic carbocycles. The first kappa shape index (κ1) is 11.4. The van der Waals surface area contributed by atoms with Gasteiger partial charge in [0, 0.05) is 17.1 Å². The van der Waals surface area contributed by atoms with Gasteiger partial charge in [0.25, 0.3) is 0 Å². The molecule has 0 aromatic carbocycles. The summed E-state index contributed by atoms with van der Waals surface area (Å²) in [6, 6.07) is 4.56. The van der Waals surface area contributed by atoms with Crippen LogP contribution in [0.15, 0.2) is 18.3 Å². The van der Waals surface area contributed by atoms with E-state index in [1.165, 1.54) is 0 Å². The molecule has 0 fully saturated rings. The Balaban J connectivity index is 2.20. The highest BCUT2D eigenvalue weighted by Gasteiger charge is 2.33. The molecule has 4 heteroatoms. The number of aromatic amines is 1. The number of ether oxygens (including phenoxy) is 1. The van der Waals surface area contributed by atoms with Gasteiger partial charge in [-0.25, -0.2) is 0 Å². The molecular weight excluding hydrogens is 226 g/mol. The van der Waals surface area contributed by atoms with E-state index in [2.05, 4.69) is 48.6 Å². The van der Waals surface area contributed by atoms with Crippen molar-refractivity contribution in [2.24, 2.45) is 0 Å². The molecule has 1 aliphatic rings. The zero-order chi connectivity index (χ0) is 12.9. The monoisotopic (exact) mass is 245 g/mol. The number of anilines is 1. The molecule has 1 unspecified atom stereocenters. The van der Waals surface area contributed by atoms with Crippen molar-refractivity contribution in [2.45, 2.75) is 39.3 Å². The maximum Gasteiger partial charge on any atom is 0.239 e. The quantitative estimate of drug-likeness (QED) is 0.775. The number of aromatic nitrogens is 2. The van der Waals surface area contributed by atoms with Crippen LogP contribution in [0.1, 0.15) is 27.7 Å². The Morgan fingerprint density at radius 2 is 2.22 bits per heavy atom. The molecule has 4 nitrogen and oxygen atoms in total. The zero-order valence-electron chi connectivity index (χ0n) is 11.3. The minimum Gasteiger partial charge on any atom is -0.474 e. The lowest BCUT2D eigenvalue weighted by atomic mass is 10.0.